The van der Waals surface area contributed by atoms with Crippen molar-refractivity contribution in [1.29, 1.82) is 0 Å². The molecule has 0 unspecified atom stereocenters. The summed E-state index contributed by atoms with van der Waals surface area (Å²) in [5, 5.41) is 0. The van der Waals surface area contributed by atoms with Crippen LogP contribution in [0.1, 0.15) is 26.7 Å². The molecule has 0 rings (SSSR count). The Balaban J connectivity index is 4.25. The van der Waals surface area contributed by atoms with Crippen LogP contribution in [0.3, 0.4) is 0 Å². The maximum atomic E-state index is 5.92. The third kappa shape index (κ3) is 12.7. The van der Waals surface area contributed by atoms with Crippen molar-refractivity contribution in [2.45, 2.75) is 65.0 Å². The maximum absolute atomic E-state index is 5.92. The molecule has 0 spiro atoms. The lowest BCUT2D eigenvalue weighted by atomic mass is 10.6. The molecular weight excluding hydrogens is 385 g/mol. The fourth-order valence-electron chi connectivity index (χ4n) is 2.45. The second kappa shape index (κ2) is 12.7. The van der Waals surface area contributed by atoms with Gasteiger partial charge in [-0.05, 0) is 105 Å². The molecule has 0 aliphatic heterocycles. The van der Waals surface area contributed by atoms with Crippen molar-refractivity contribution < 1.29 is 8.85 Å². The molecule has 22 heavy (non-hydrogen) atoms. The number of hydrogen-bond donors (Lipinski definition) is 0. The van der Waals surface area contributed by atoms with Gasteiger partial charge in [0.15, 0.2) is 16.6 Å². The Morgan fingerprint density at radius 1 is 0.864 bits per heavy atom. The van der Waals surface area contributed by atoms with Crippen molar-refractivity contribution in [3.05, 3.63) is 0 Å². The standard InChI is InChI=1S/C14H34O2S4Si2/c1-7-15-21(3,4)13-9-11-20(19-18-17)12-10-14-22(5,6)16-8-2/h7-14H2,1-6H3. The van der Waals surface area contributed by atoms with Gasteiger partial charge >= 0.3 is 0 Å². The summed E-state index contributed by atoms with van der Waals surface area (Å²) in [5.41, 5.74) is 0. The van der Waals surface area contributed by atoms with E-state index in [1.54, 1.807) is 0 Å². The second-order valence-corrected chi connectivity index (χ2v) is 21.8. The van der Waals surface area contributed by atoms with E-state index in [4.69, 9.17) is 20.0 Å². The number of hydrogen-bond acceptors (Lipinski definition) is 3. The van der Waals surface area contributed by atoms with E-state index in [9.17, 15) is 0 Å². The largest absolute Gasteiger partial charge is 0.418 e. The van der Waals surface area contributed by atoms with Crippen molar-refractivity contribution in [2.24, 2.45) is 0 Å². The Morgan fingerprint density at radius 3 is 1.59 bits per heavy atom. The zero-order valence-corrected chi connectivity index (χ0v) is 20.4. The van der Waals surface area contributed by atoms with E-state index in [0.29, 0.717) is 9.45 Å². The van der Waals surface area contributed by atoms with Gasteiger partial charge in [0.05, 0.1) is 0 Å². The lowest BCUT2D eigenvalue weighted by Crippen LogP contribution is -2.31. The Kier molecular flexibility index (Phi) is 13.5. The first-order chi connectivity index (χ1) is 10.3. The normalized spacial score (nSPS) is 12.7. The summed E-state index contributed by atoms with van der Waals surface area (Å²) in [4.78, 5) is 0. The Hall–Kier alpha value is 1.36. The first-order valence-corrected chi connectivity index (χ1v) is 19.6. The second-order valence-electron chi connectivity index (χ2n) is 6.58. The number of rotatable bonds is 12. The van der Waals surface area contributed by atoms with Crippen LogP contribution in [0, 0.1) is 0 Å². The quantitative estimate of drug-likeness (QED) is 0.440. The molecule has 0 N–H and O–H groups in total. The highest BCUT2D eigenvalue weighted by Crippen LogP contribution is 2.16. The first kappa shape index (κ1) is 23.4. The van der Waals surface area contributed by atoms with E-state index in [2.05, 4.69) is 40.0 Å². The van der Waals surface area contributed by atoms with Crippen LogP contribution in [0.25, 0.3) is 0 Å². The van der Waals surface area contributed by atoms with E-state index in [1.807, 2.05) is 8.88 Å². The predicted molar refractivity (Wildman–Crippen MR) is 116 cm³/mol. The molecule has 0 aromatic rings. The predicted octanol–water partition coefficient (Wildman–Crippen LogP) is 4.33. The molecule has 0 aliphatic carbocycles. The third-order valence-electron chi connectivity index (χ3n) is 3.50. The van der Waals surface area contributed by atoms with E-state index < -0.39 is 16.6 Å². The van der Waals surface area contributed by atoms with Crippen molar-refractivity contribution in [1.82, 2.24) is 0 Å². The van der Waals surface area contributed by atoms with Gasteiger partial charge in [0.25, 0.3) is 0 Å². The average Bonchev–Trinajstić information content (AvgIpc) is 2.38. The Bertz CT molecular complexity index is 378. The highest BCUT2D eigenvalue weighted by molar-refractivity contribution is 8.58. The molecule has 0 saturated carbocycles. The van der Waals surface area contributed by atoms with Crippen LogP contribution in [0.4, 0.5) is 0 Å². The fourth-order valence-corrected chi connectivity index (χ4v) is 13.6. The SMILES string of the molecule is CCO[Si](C)(C)CCCS(CCC[Si](C)(C)OCC)=S=S=S. The monoisotopic (exact) mass is 418 g/mol. The average molecular weight is 419 g/mol. The summed E-state index contributed by atoms with van der Waals surface area (Å²) in [6.45, 7) is 15.3. The van der Waals surface area contributed by atoms with Gasteiger partial charge in [-0.1, -0.05) is 0 Å². The van der Waals surface area contributed by atoms with Gasteiger partial charge in [-0.15, -0.1) is 9.45 Å². The molecule has 0 aliphatic rings. The topological polar surface area (TPSA) is 18.5 Å². The van der Waals surface area contributed by atoms with Crippen LogP contribution in [-0.4, -0.2) is 41.4 Å². The zero-order valence-electron chi connectivity index (χ0n) is 15.1. The van der Waals surface area contributed by atoms with Crippen molar-refractivity contribution in [3.63, 3.8) is 0 Å². The van der Waals surface area contributed by atoms with Gasteiger partial charge in [0.1, 0.15) is 0 Å². The van der Waals surface area contributed by atoms with E-state index in [-0.39, 0.29) is 0 Å². The van der Waals surface area contributed by atoms with Crippen LogP contribution in [0.2, 0.25) is 38.3 Å². The summed E-state index contributed by atoms with van der Waals surface area (Å²) in [6, 6.07) is 2.54. The summed E-state index contributed by atoms with van der Waals surface area (Å²) in [6.07, 6.45) is 2.58. The van der Waals surface area contributed by atoms with E-state index >= 15 is 0 Å². The summed E-state index contributed by atoms with van der Waals surface area (Å²) >= 11 is 5.11. The molecule has 0 saturated heterocycles. The molecule has 0 atom stereocenters. The molecule has 134 valence electrons. The van der Waals surface area contributed by atoms with E-state index in [1.165, 1.54) is 45.3 Å². The molecular formula is C14H34O2S4Si2. The van der Waals surface area contributed by atoms with Crippen LogP contribution < -0.4 is 0 Å². The molecule has 0 aromatic carbocycles. The molecule has 0 amide bonds. The summed E-state index contributed by atoms with van der Waals surface area (Å²) < 4.78 is 11.8. The molecule has 0 aromatic heterocycles. The molecule has 0 heterocycles. The Morgan fingerprint density at radius 2 is 1.27 bits per heavy atom. The highest BCUT2D eigenvalue weighted by Gasteiger charge is 2.22. The van der Waals surface area contributed by atoms with Gasteiger partial charge in [-0.3, -0.25) is 0 Å². The van der Waals surface area contributed by atoms with Crippen LogP contribution in [0.5, 0.6) is 0 Å². The molecule has 2 nitrogen and oxygen atoms in total. The van der Waals surface area contributed by atoms with E-state index in [0.717, 1.165) is 13.2 Å². The lowest BCUT2D eigenvalue weighted by Gasteiger charge is -2.23. The fraction of sp³-hybridized carbons (Fsp3) is 1.00. The van der Waals surface area contributed by atoms with Crippen molar-refractivity contribution in [2.75, 3.05) is 24.7 Å². The maximum Gasteiger partial charge on any atom is 0.186 e. The van der Waals surface area contributed by atoms with Crippen LogP contribution >= 0.6 is 0 Å². The van der Waals surface area contributed by atoms with Gasteiger partial charge < -0.3 is 8.85 Å². The molecule has 0 radical (unpaired) electrons. The lowest BCUT2D eigenvalue weighted by molar-refractivity contribution is 0.328. The molecule has 8 heteroatoms. The van der Waals surface area contributed by atoms with Crippen molar-refractivity contribution >= 4 is 55.0 Å². The minimum Gasteiger partial charge on any atom is -0.418 e. The van der Waals surface area contributed by atoms with Gasteiger partial charge in [0.2, 0.25) is 0 Å². The third-order valence-corrected chi connectivity index (χ3v) is 16.0. The Labute approximate surface area is 153 Å². The summed E-state index contributed by atoms with van der Waals surface area (Å²) in [5.74, 6) is 2.60. The van der Waals surface area contributed by atoms with Crippen LogP contribution in [0.15, 0.2) is 0 Å². The van der Waals surface area contributed by atoms with Gasteiger partial charge in [-0.2, -0.15) is 0 Å². The smallest absolute Gasteiger partial charge is 0.186 e. The summed E-state index contributed by atoms with van der Waals surface area (Å²) in [7, 11) is 1.01. The first-order valence-electron chi connectivity index (χ1n) is 8.18. The molecule has 0 bridgehead atoms. The highest BCUT2D eigenvalue weighted by atomic mass is 33.2. The molecule has 0 fully saturated rings. The van der Waals surface area contributed by atoms with Crippen LogP contribution in [-0.2, 0) is 47.3 Å². The van der Waals surface area contributed by atoms with Gasteiger partial charge in [0, 0.05) is 13.2 Å². The minimum absolute atomic E-state index is 0.407. The minimum atomic E-state index is -1.42. The van der Waals surface area contributed by atoms with Gasteiger partial charge in [-0.25, -0.2) is 0 Å². The zero-order chi connectivity index (χ0) is 17.1. The van der Waals surface area contributed by atoms with Crippen molar-refractivity contribution in [3.8, 4) is 0 Å².